The van der Waals surface area contributed by atoms with Gasteiger partial charge in [0.05, 0.1) is 23.1 Å². The fourth-order valence-corrected chi connectivity index (χ4v) is 2.40. The van der Waals surface area contributed by atoms with E-state index < -0.39 is 0 Å². The molecule has 0 unspecified atom stereocenters. The molecule has 0 aromatic carbocycles. The zero-order valence-electron chi connectivity index (χ0n) is 9.77. The number of rotatable bonds is 1. The first-order chi connectivity index (χ1) is 8.25. The number of nitrogens with one attached hydrogen (secondary N) is 1. The molecule has 0 radical (unpaired) electrons. The predicted molar refractivity (Wildman–Crippen MR) is 64.2 cm³/mol. The minimum absolute atomic E-state index is 0.0571. The number of aromatic nitrogens is 3. The Labute approximate surface area is 98.4 Å². The molecule has 3 heterocycles. The fourth-order valence-electron chi connectivity index (χ4n) is 2.40. The number of H-pyrrole nitrogens is 1. The van der Waals surface area contributed by atoms with E-state index in [0.29, 0.717) is 11.4 Å². The lowest BCUT2D eigenvalue weighted by molar-refractivity contribution is 0.0675. The summed E-state index contributed by atoms with van der Waals surface area (Å²) in [4.78, 5) is 14.6. The van der Waals surface area contributed by atoms with Gasteiger partial charge in [-0.2, -0.15) is 5.10 Å². The second-order valence-electron chi connectivity index (χ2n) is 4.51. The van der Waals surface area contributed by atoms with Gasteiger partial charge in [-0.25, -0.2) is 0 Å². The molecule has 0 spiro atoms. The van der Waals surface area contributed by atoms with E-state index in [1.54, 1.807) is 6.20 Å². The molecular weight excluding hydrogens is 218 g/mol. The van der Waals surface area contributed by atoms with Crippen LogP contribution in [0.15, 0.2) is 17.1 Å². The van der Waals surface area contributed by atoms with Crippen molar-refractivity contribution in [2.45, 2.75) is 25.8 Å². The minimum Gasteiger partial charge on any atom is -0.381 e. The fraction of sp³-hybridized carbons (Fsp3) is 0.500. The van der Waals surface area contributed by atoms with E-state index in [1.165, 1.54) is 0 Å². The number of pyridine rings is 1. The van der Waals surface area contributed by atoms with Gasteiger partial charge in [0.1, 0.15) is 0 Å². The molecule has 0 aliphatic carbocycles. The Hall–Kier alpha value is -1.62. The highest BCUT2D eigenvalue weighted by Crippen LogP contribution is 2.23. The zero-order chi connectivity index (χ0) is 11.8. The maximum Gasteiger partial charge on any atom is 0.259 e. The first kappa shape index (κ1) is 10.5. The normalized spacial score (nSPS) is 17.7. The molecule has 1 saturated heterocycles. The molecule has 90 valence electrons. The quantitative estimate of drug-likeness (QED) is 0.809. The standard InChI is InChI=1S/C12H15N3O2/c1-8-6-11-10(12(16)14-8)7-13-15(11)9-2-4-17-5-3-9/h6-7,9H,2-5H2,1H3,(H,14,16). The largest absolute Gasteiger partial charge is 0.381 e. The summed E-state index contributed by atoms with van der Waals surface area (Å²) in [6, 6.07) is 2.33. The Morgan fingerprint density at radius 1 is 1.47 bits per heavy atom. The molecule has 5 heteroatoms. The van der Waals surface area contributed by atoms with Gasteiger partial charge in [-0.3, -0.25) is 9.48 Å². The summed E-state index contributed by atoms with van der Waals surface area (Å²) in [5.41, 5.74) is 1.74. The smallest absolute Gasteiger partial charge is 0.259 e. The predicted octanol–water partition coefficient (Wildman–Crippen LogP) is 1.38. The highest BCUT2D eigenvalue weighted by atomic mass is 16.5. The van der Waals surface area contributed by atoms with Crippen molar-refractivity contribution in [1.29, 1.82) is 0 Å². The highest BCUT2D eigenvalue weighted by molar-refractivity contribution is 5.77. The van der Waals surface area contributed by atoms with Gasteiger partial charge in [-0.05, 0) is 25.8 Å². The first-order valence-corrected chi connectivity index (χ1v) is 5.90. The van der Waals surface area contributed by atoms with Gasteiger partial charge in [-0.15, -0.1) is 0 Å². The van der Waals surface area contributed by atoms with Crippen LogP contribution in [0.3, 0.4) is 0 Å². The summed E-state index contributed by atoms with van der Waals surface area (Å²) in [5.74, 6) is 0. The van der Waals surface area contributed by atoms with Crippen LogP contribution >= 0.6 is 0 Å². The van der Waals surface area contributed by atoms with Crippen molar-refractivity contribution < 1.29 is 4.74 Å². The summed E-state index contributed by atoms with van der Waals surface area (Å²) in [6.07, 6.45) is 3.58. The molecule has 0 bridgehead atoms. The third-order valence-corrected chi connectivity index (χ3v) is 3.28. The van der Waals surface area contributed by atoms with Gasteiger partial charge in [-0.1, -0.05) is 0 Å². The molecule has 2 aromatic heterocycles. The van der Waals surface area contributed by atoms with E-state index in [4.69, 9.17) is 4.74 Å². The Balaban J connectivity index is 2.13. The van der Waals surface area contributed by atoms with Gasteiger partial charge in [0.2, 0.25) is 0 Å². The lowest BCUT2D eigenvalue weighted by Gasteiger charge is -2.23. The Bertz CT molecular complexity index is 593. The minimum atomic E-state index is -0.0571. The van der Waals surface area contributed by atoms with Crippen LogP contribution < -0.4 is 5.56 Å². The Morgan fingerprint density at radius 3 is 3.00 bits per heavy atom. The van der Waals surface area contributed by atoms with Crippen LogP contribution in [-0.2, 0) is 4.74 Å². The van der Waals surface area contributed by atoms with Crippen molar-refractivity contribution in [3.8, 4) is 0 Å². The maximum absolute atomic E-state index is 11.8. The van der Waals surface area contributed by atoms with Gasteiger partial charge < -0.3 is 9.72 Å². The Kier molecular flexibility index (Phi) is 2.48. The molecule has 5 nitrogen and oxygen atoms in total. The average Bonchev–Trinajstić information content (AvgIpc) is 2.74. The molecule has 17 heavy (non-hydrogen) atoms. The van der Waals surface area contributed by atoms with Crippen molar-refractivity contribution in [1.82, 2.24) is 14.8 Å². The number of aromatic amines is 1. The molecule has 2 aromatic rings. The third-order valence-electron chi connectivity index (χ3n) is 3.28. The Morgan fingerprint density at radius 2 is 2.24 bits per heavy atom. The van der Waals surface area contributed by atoms with Gasteiger partial charge >= 0.3 is 0 Å². The monoisotopic (exact) mass is 233 g/mol. The number of fused-ring (bicyclic) bond motifs is 1. The van der Waals surface area contributed by atoms with Gasteiger partial charge in [0.15, 0.2) is 0 Å². The number of aryl methyl sites for hydroxylation is 1. The molecule has 0 saturated carbocycles. The third kappa shape index (κ3) is 1.76. The summed E-state index contributed by atoms with van der Waals surface area (Å²) in [6.45, 7) is 3.44. The molecule has 1 aliphatic rings. The van der Waals surface area contributed by atoms with E-state index in [9.17, 15) is 4.79 Å². The van der Waals surface area contributed by atoms with Crippen LogP contribution in [0.2, 0.25) is 0 Å². The summed E-state index contributed by atoms with van der Waals surface area (Å²) >= 11 is 0. The van der Waals surface area contributed by atoms with E-state index in [1.807, 2.05) is 17.7 Å². The highest BCUT2D eigenvalue weighted by Gasteiger charge is 2.19. The lowest BCUT2D eigenvalue weighted by Crippen LogP contribution is -2.20. The topological polar surface area (TPSA) is 59.9 Å². The van der Waals surface area contributed by atoms with Crippen molar-refractivity contribution in [3.63, 3.8) is 0 Å². The average molecular weight is 233 g/mol. The second-order valence-corrected chi connectivity index (χ2v) is 4.51. The van der Waals surface area contributed by atoms with Crippen LogP contribution in [-0.4, -0.2) is 28.0 Å². The first-order valence-electron chi connectivity index (χ1n) is 5.90. The molecule has 0 atom stereocenters. The number of nitrogens with zero attached hydrogens (tertiary/aromatic N) is 2. The van der Waals surface area contributed by atoms with E-state index in [-0.39, 0.29) is 5.56 Å². The second kappa shape index (κ2) is 4.00. The molecular formula is C12H15N3O2. The molecule has 1 N–H and O–H groups in total. The zero-order valence-corrected chi connectivity index (χ0v) is 9.77. The van der Waals surface area contributed by atoms with Gasteiger partial charge in [0.25, 0.3) is 5.56 Å². The van der Waals surface area contributed by atoms with Gasteiger partial charge in [0, 0.05) is 18.9 Å². The number of hydrogen-bond donors (Lipinski definition) is 1. The van der Waals surface area contributed by atoms with Crippen LogP contribution in [0.1, 0.15) is 24.6 Å². The van der Waals surface area contributed by atoms with Crippen LogP contribution in [0.25, 0.3) is 10.9 Å². The van der Waals surface area contributed by atoms with E-state index in [2.05, 4.69) is 10.1 Å². The maximum atomic E-state index is 11.8. The summed E-state index contributed by atoms with van der Waals surface area (Å²) in [5, 5.41) is 5.03. The van der Waals surface area contributed by atoms with Crippen LogP contribution in [0.4, 0.5) is 0 Å². The molecule has 3 rings (SSSR count). The summed E-state index contributed by atoms with van der Waals surface area (Å²) in [7, 11) is 0. The van der Waals surface area contributed by atoms with Crippen molar-refractivity contribution in [2.75, 3.05) is 13.2 Å². The lowest BCUT2D eigenvalue weighted by atomic mass is 10.1. The number of hydrogen-bond acceptors (Lipinski definition) is 3. The molecule has 1 fully saturated rings. The SMILES string of the molecule is Cc1cc2c(cnn2C2CCOCC2)c(=O)[nH]1. The van der Waals surface area contributed by atoms with Crippen molar-refractivity contribution in [2.24, 2.45) is 0 Å². The van der Waals surface area contributed by atoms with Crippen molar-refractivity contribution in [3.05, 3.63) is 28.3 Å². The van der Waals surface area contributed by atoms with Crippen molar-refractivity contribution >= 4 is 10.9 Å². The van der Waals surface area contributed by atoms with Crippen LogP contribution in [0, 0.1) is 6.92 Å². The van der Waals surface area contributed by atoms with Crippen LogP contribution in [0.5, 0.6) is 0 Å². The molecule has 1 aliphatic heterocycles. The number of ether oxygens (including phenoxy) is 1. The summed E-state index contributed by atoms with van der Waals surface area (Å²) < 4.78 is 7.32. The van der Waals surface area contributed by atoms with E-state index >= 15 is 0 Å². The van der Waals surface area contributed by atoms with E-state index in [0.717, 1.165) is 37.3 Å². The molecule has 0 amide bonds.